The summed E-state index contributed by atoms with van der Waals surface area (Å²) in [4.78, 5) is 19.7. The van der Waals surface area contributed by atoms with Gasteiger partial charge in [0.05, 0.1) is 5.69 Å². The van der Waals surface area contributed by atoms with E-state index in [-0.39, 0.29) is 23.8 Å². The van der Waals surface area contributed by atoms with Crippen LogP contribution in [0, 0.1) is 5.82 Å². The van der Waals surface area contributed by atoms with Crippen molar-refractivity contribution in [2.45, 2.75) is 38.3 Å². The Hall–Kier alpha value is -2.44. The Morgan fingerprint density at radius 1 is 1.24 bits per heavy atom. The van der Waals surface area contributed by atoms with Crippen LogP contribution in [0.3, 0.4) is 0 Å². The first kappa shape index (κ1) is 19.9. The van der Waals surface area contributed by atoms with Crippen LogP contribution < -0.4 is 10.2 Å². The lowest BCUT2D eigenvalue weighted by molar-refractivity contribution is -0.122. The van der Waals surface area contributed by atoms with Gasteiger partial charge in [0.25, 0.3) is 0 Å². The van der Waals surface area contributed by atoms with E-state index < -0.39 is 0 Å². The van der Waals surface area contributed by atoms with Crippen LogP contribution in [0.1, 0.15) is 26.2 Å². The number of rotatable bonds is 7. The molecule has 0 spiro atoms. The van der Waals surface area contributed by atoms with Crippen LogP contribution in [0.5, 0.6) is 0 Å². The Bertz CT molecular complexity index is 986. The maximum absolute atomic E-state index is 13.3. The molecule has 2 aromatic carbocycles. The number of thiazole rings is 1. The monoisotopic (exact) mass is 429 g/mol. The van der Waals surface area contributed by atoms with Gasteiger partial charge in [0, 0.05) is 27.7 Å². The van der Waals surface area contributed by atoms with E-state index in [0.29, 0.717) is 16.6 Å². The summed E-state index contributed by atoms with van der Waals surface area (Å²) < 4.78 is 13.3. The summed E-state index contributed by atoms with van der Waals surface area (Å²) in [5, 5.41) is 6.38. The fraction of sp³-hybridized carbons (Fsp3) is 0.273. The first-order valence-corrected chi connectivity index (χ1v) is 10.9. The van der Waals surface area contributed by atoms with E-state index in [0.717, 1.165) is 29.8 Å². The topological polar surface area (TPSA) is 45.2 Å². The lowest BCUT2D eigenvalue weighted by Gasteiger charge is -2.30. The van der Waals surface area contributed by atoms with Gasteiger partial charge in [-0.1, -0.05) is 18.5 Å². The Morgan fingerprint density at radius 3 is 2.55 bits per heavy atom. The number of amides is 1. The van der Waals surface area contributed by atoms with Crippen LogP contribution in [0.4, 0.5) is 15.2 Å². The minimum atomic E-state index is -0.385. The highest BCUT2D eigenvalue weighted by Crippen LogP contribution is 2.35. The van der Waals surface area contributed by atoms with Gasteiger partial charge in [-0.3, -0.25) is 4.79 Å². The van der Waals surface area contributed by atoms with E-state index in [1.165, 1.54) is 23.5 Å². The molecule has 4 nitrogen and oxygen atoms in total. The first-order chi connectivity index (χ1) is 14.0. The van der Waals surface area contributed by atoms with Crippen molar-refractivity contribution in [3.05, 3.63) is 64.8 Å². The molecule has 1 atom stereocenters. The maximum Gasteiger partial charge on any atom is 0.243 e. The molecule has 0 aliphatic heterocycles. The third-order valence-corrected chi connectivity index (χ3v) is 5.96. The second-order valence-corrected chi connectivity index (χ2v) is 8.35. The average Bonchev–Trinajstić information content (AvgIpc) is 3.40. The van der Waals surface area contributed by atoms with E-state index >= 15 is 0 Å². The fourth-order valence-electron chi connectivity index (χ4n) is 3.16. The molecule has 3 aromatic rings. The predicted molar refractivity (Wildman–Crippen MR) is 116 cm³/mol. The largest absolute Gasteiger partial charge is 0.352 e. The molecule has 1 aromatic heterocycles. The molecule has 29 heavy (non-hydrogen) atoms. The molecule has 1 fully saturated rings. The van der Waals surface area contributed by atoms with Gasteiger partial charge in [0.2, 0.25) is 5.91 Å². The Morgan fingerprint density at radius 2 is 1.93 bits per heavy atom. The Labute approximate surface area is 178 Å². The molecule has 4 rings (SSSR count). The number of halogens is 2. The number of aromatic nitrogens is 1. The summed E-state index contributed by atoms with van der Waals surface area (Å²) in [5.74, 6) is -0.279. The van der Waals surface area contributed by atoms with Crippen LogP contribution in [-0.2, 0) is 4.79 Å². The van der Waals surface area contributed by atoms with Crippen molar-refractivity contribution < 1.29 is 9.18 Å². The molecule has 0 unspecified atom stereocenters. The molecular weight excluding hydrogens is 409 g/mol. The zero-order valence-electron chi connectivity index (χ0n) is 15.9. The van der Waals surface area contributed by atoms with E-state index in [2.05, 4.69) is 5.32 Å². The standard InChI is InChI=1S/C22H21ClFN3OS/c1-2-20(21(28)25-17-9-10-17)27(18-11-5-15(23)6-12-18)22-26-19(13-29-22)14-3-7-16(24)8-4-14/h3-8,11-13,17,20H,2,9-10H2,1H3,(H,25,28)/t20-/m1/s1. The van der Waals surface area contributed by atoms with Gasteiger partial charge in [-0.2, -0.15) is 0 Å². The van der Waals surface area contributed by atoms with Gasteiger partial charge in [-0.15, -0.1) is 11.3 Å². The molecule has 1 saturated carbocycles. The summed E-state index contributed by atoms with van der Waals surface area (Å²) in [6.45, 7) is 1.99. The van der Waals surface area contributed by atoms with Gasteiger partial charge in [0.15, 0.2) is 5.13 Å². The van der Waals surface area contributed by atoms with E-state index in [1.54, 1.807) is 12.1 Å². The number of carbonyl (C=O) groups is 1. The molecule has 150 valence electrons. The Kier molecular flexibility index (Phi) is 5.83. The SMILES string of the molecule is CC[C@H](C(=O)NC1CC1)N(c1ccc(Cl)cc1)c1nc(-c2ccc(F)cc2)cs1. The summed E-state index contributed by atoms with van der Waals surface area (Å²) >= 11 is 7.53. The van der Waals surface area contributed by atoms with Crippen molar-refractivity contribution in [2.24, 2.45) is 0 Å². The minimum absolute atomic E-state index is 0.00322. The Balaban J connectivity index is 1.70. The first-order valence-electron chi connectivity index (χ1n) is 9.62. The van der Waals surface area contributed by atoms with Gasteiger partial charge < -0.3 is 10.2 Å². The zero-order chi connectivity index (χ0) is 20.4. The highest BCUT2D eigenvalue weighted by molar-refractivity contribution is 7.14. The molecule has 1 aliphatic carbocycles. The second-order valence-electron chi connectivity index (χ2n) is 7.08. The van der Waals surface area contributed by atoms with Crippen LogP contribution >= 0.6 is 22.9 Å². The molecule has 1 aliphatic rings. The lowest BCUT2D eigenvalue weighted by Crippen LogP contribution is -2.45. The highest BCUT2D eigenvalue weighted by atomic mass is 35.5. The average molecular weight is 430 g/mol. The normalized spacial score (nSPS) is 14.4. The van der Waals surface area contributed by atoms with Crippen LogP contribution in [0.2, 0.25) is 5.02 Å². The van der Waals surface area contributed by atoms with Crippen LogP contribution in [-0.4, -0.2) is 23.0 Å². The number of nitrogens with one attached hydrogen (secondary N) is 1. The third-order valence-electron chi connectivity index (χ3n) is 4.87. The van der Waals surface area contributed by atoms with Crippen molar-refractivity contribution in [1.82, 2.24) is 10.3 Å². The van der Waals surface area contributed by atoms with Gasteiger partial charge in [-0.05, 0) is 67.8 Å². The van der Waals surface area contributed by atoms with E-state index in [1.807, 2.05) is 41.5 Å². The number of hydrogen-bond donors (Lipinski definition) is 1. The quantitative estimate of drug-likeness (QED) is 0.516. The lowest BCUT2D eigenvalue weighted by atomic mass is 10.1. The van der Waals surface area contributed by atoms with Gasteiger partial charge >= 0.3 is 0 Å². The number of nitrogens with zero attached hydrogens (tertiary/aromatic N) is 2. The van der Waals surface area contributed by atoms with Crippen molar-refractivity contribution in [3.63, 3.8) is 0 Å². The highest BCUT2D eigenvalue weighted by Gasteiger charge is 2.32. The van der Waals surface area contributed by atoms with Crippen molar-refractivity contribution in [1.29, 1.82) is 0 Å². The van der Waals surface area contributed by atoms with Crippen LogP contribution in [0.15, 0.2) is 53.9 Å². The van der Waals surface area contributed by atoms with E-state index in [4.69, 9.17) is 16.6 Å². The van der Waals surface area contributed by atoms with Crippen LogP contribution in [0.25, 0.3) is 11.3 Å². The number of benzene rings is 2. The number of carbonyl (C=O) groups excluding carboxylic acids is 1. The molecule has 1 heterocycles. The van der Waals surface area contributed by atoms with Gasteiger partial charge in [-0.25, -0.2) is 9.37 Å². The van der Waals surface area contributed by atoms with Gasteiger partial charge in [0.1, 0.15) is 11.9 Å². The summed E-state index contributed by atoms with van der Waals surface area (Å²) in [6, 6.07) is 13.6. The molecular formula is C22H21ClFN3OS. The molecule has 7 heteroatoms. The van der Waals surface area contributed by atoms with Crippen molar-refractivity contribution in [3.8, 4) is 11.3 Å². The zero-order valence-corrected chi connectivity index (χ0v) is 17.5. The molecule has 1 amide bonds. The number of hydrogen-bond acceptors (Lipinski definition) is 4. The molecule has 0 bridgehead atoms. The third kappa shape index (κ3) is 4.60. The second kappa shape index (κ2) is 8.51. The molecule has 0 saturated heterocycles. The summed E-state index contributed by atoms with van der Waals surface area (Å²) in [6.07, 6.45) is 2.71. The number of anilines is 2. The van der Waals surface area contributed by atoms with Crippen molar-refractivity contribution in [2.75, 3.05) is 4.90 Å². The minimum Gasteiger partial charge on any atom is -0.352 e. The van der Waals surface area contributed by atoms with Crippen molar-refractivity contribution >= 4 is 39.7 Å². The maximum atomic E-state index is 13.3. The summed E-state index contributed by atoms with van der Waals surface area (Å²) in [7, 11) is 0. The molecule has 0 radical (unpaired) electrons. The smallest absolute Gasteiger partial charge is 0.243 e. The predicted octanol–water partition coefficient (Wildman–Crippen LogP) is 5.80. The fourth-order valence-corrected chi connectivity index (χ4v) is 4.19. The summed E-state index contributed by atoms with van der Waals surface area (Å²) in [5.41, 5.74) is 2.44. The molecule has 1 N–H and O–H groups in total. The van der Waals surface area contributed by atoms with E-state index in [9.17, 15) is 9.18 Å².